The number of aromatic nitrogens is 2. The van der Waals surface area contributed by atoms with Crippen LogP contribution in [0.25, 0.3) is 0 Å². The van der Waals surface area contributed by atoms with Crippen LogP contribution in [0.1, 0.15) is 26.7 Å². The Hall–Kier alpha value is -1.56. The van der Waals surface area contributed by atoms with Crippen LogP contribution in [-0.4, -0.2) is 43.4 Å². The number of hydrogen-bond acceptors (Lipinski definition) is 6. The molecule has 6 heteroatoms. The Bertz CT molecular complexity index is 361. The van der Waals surface area contributed by atoms with Crippen molar-refractivity contribution in [2.24, 2.45) is 0 Å². The van der Waals surface area contributed by atoms with E-state index in [1.54, 1.807) is 7.11 Å². The minimum atomic E-state index is 0.441. The number of anilines is 1. The van der Waals surface area contributed by atoms with Crippen LogP contribution >= 0.6 is 0 Å². The van der Waals surface area contributed by atoms with Gasteiger partial charge in [-0.05, 0) is 12.8 Å². The van der Waals surface area contributed by atoms with Crippen molar-refractivity contribution in [2.45, 2.75) is 26.7 Å². The molecule has 1 aromatic rings. The summed E-state index contributed by atoms with van der Waals surface area (Å²) in [6.45, 7) is 6.71. The van der Waals surface area contributed by atoms with Crippen LogP contribution in [0.4, 0.5) is 5.82 Å². The highest BCUT2D eigenvalue weighted by atomic mass is 16.5. The molecular weight excluding hydrogens is 246 g/mol. The quantitative estimate of drug-likeness (QED) is 0.656. The second kappa shape index (κ2) is 9.38. The van der Waals surface area contributed by atoms with Gasteiger partial charge in [0.2, 0.25) is 5.75 Å². The first-order chi connectivity index (χ1) is 9.33. The van der Waals surface area contributed by atoms with Crippen molar-refractivity contribution < 1.29 is 14.2 Å². The highest BCUT2D eigenvalue weighted by molar-refractivity contribution is 5.54. The van der Waals surface area contributed by atoms with Crippen molar-refractivity contribution in [3.8, 4) is 11.6 Å². The number of methoxy groups -OCH3 is 1. The maximum Gasteiger partial charge on any atom is 0.262 e. The maximum atomic E-state index is 5.55. The molecule has 0 fully saturated rings. The molecular formula is C13H23N3O3. The lowest BCUT2D eigenvalue weighted by Crippen LogP contribution is -2.11. The van der Waals surface area contributed by atoms with Crippen molar-refractivity contribution in [3.63, 3.8) is 0 Å². The smallest absolute Gasteiger partial charge is 0.262 e. The van der Waals surface area contributed by atoms with Gasteiger partial charge in [0, 0.05) is 13.2 Å². The van der Waals surface area contributed by atoms with Gasteiger partial charge in [-0.2, -0.15) is 4.98 Å². The third-order valence-electron chi connectivity index (χ3n) is 2.33. The van der Waals surface area contributed by atoms with Crippen LogP contribution in [0.5, 0.6) is 11.6 Å². The first-order valence-electron chi connectivity index (χ1n) is 6.66. The van der Waals surface area contributed by atoms with Crippen molar-refractivity contribution in [1.29, 1.82) is 0 Å². The highest BCUT2D eigenvalue weighted by Crippen LogP contribution is 2.30. The van der Waals surface area contributed by atoms with Gasteiger partial charge in [0.15, 0.2) is 5.82 Å². The standard InChI is InChI=1S/C13H23N3O3/c1-4-6-14-12-11(17-3)13(16-10-15-12)19-9-8-18-7-5-2/h10H,4-9H2,1-3H3,(H,14,15,16). The molecule has 0 aromatic carbocycles. The third-order valence-corrected chi connectivity index (χ3v) is 2.33. The van der Waals surface area contributed by atoms with E-state index in [2.05, 4.69) is 29.1 Å². The van der Waals surface area contributed by atoms with E-state index in [0.717, 1.165) is 26.0 Å². The van der Waals surface area contributed by atoms with E-state index in [1.165, 1.54) is 6.33 Å². The number of nitrogens with one attached hydrogen (secondary N) is 1. The Kier molecular flexibility index (Phi) is 7.65. The summed E-state index contributed by atoms with van der Waals surface area (Å²) >= 11 is 0. The minimum absolute atomic E-state index is 0.441. The lowest BCUT2D eigenvalue weighted by atomic mass is 10.4. The molecule has 0 aliphatic heterocycles. The second-order valence-corrected chi connectivity index (χ2v) is 3.95. The zero-order valence-electron chi connectivity index (χ0n) is 11.9. The van der Waals surface area contributed by atoms with Crippen LogP contribution < -0.4 is 14.8 Å². The molecule has 0 aliphatic rings. The van der Waals surface area contributed by atoms with E-state index >= 15 is 0 Å². The summed E-state index contributed by atoms with van der Waals surface area (Å²) < 4.78 is 16.2. The van der Waals surface area contributed by atoms with E-state index in [1.807, 2.05) is 0 Å². The van der Waals surface area contributed by atoms with Crippen molar-refractivity contribution >= 4 is 5.82 Å². The summed E-state index contributed by atoms with van der Waals surface area (Å²) in [6.07, 6.45) is 3.47. The molecule has 0 unspecified atom stereocenters. The number of ether oxygens (including phenoxy) is 3. The number of hydrogen-bond donors (Lipinski definition) is 1. The van der Waals surface area contributed by atoms with Crippen LogP contribution in [0.3, 0.4) is 0 Å². The molecule has 0 aliphatic carbocycles. The Morgan fingerprint density at radius 2 is 1.95 bits per heavy atom. The fourth-order valence-electron chi connectivity index (χ4n) is 1.46. The van der Waals surface area contributed by atoms with Crippen molar-refractivity contribution in [3.05, 3.63) is 6.33 Å². The third kappa shape index (κ3) is 5.30. The van der Waals surface area contributed by atoms with E-state index < -0.39 is 0 Å². The average Bonchev–Trinajstić information content (AvgIpc) is 2.44. The molecule has 0 amide bonds. The molecule has 0 spiro atoms. The molecule has 108 valence electrons. The van der Waals surface area contributed by atoms with Gasteiger partial charge in [-0.15, -0.1) is 0 Å². The second-order valence-electron chi connectivity index (χ2n) is 3.95. The zero-order chi connectivity index (χ0) is 13.9. The van der Waals surface area contributed by atoms with Crippen LogP contribution in [0.2, 0.25) is 0 Å². The summed E-state index contributed by atoms with van der Waals surface area (Å²) in [5, 5.41) is 3.18. The van der Waals surface area contributed by atoms with Gasteiger partial charge in [-0.1, -0.05) is 13.8 Å². The van der Waals surface area contributed by atoms with Crippen LogP contribution in [0, 0.1) is 0 Å². The lowest BCUT2D eigenvalue weighted by molar-refractivity contribution is 0.0977. The molecule has 1 N–H and O–H groups in total. The Morgan fingerprint density at radius 3 is 2.63 bits per heavy atom. The van der Waals surface area contributed by atoms with Gasteiger partial charge in [0.05, 0.1) is 13.7 Å². The van der Waals surface area contributed by atoms with Gasteiger partial charge >= 0.3 is 0 Å². The SMILES string of the molecule is CCCNc1ncnc(OCCOCCC)c1OC. The normalized spacial score (nSPS) is 10.3. The van der Waals surface area contributed by atoms with E-state index in [4.69, 9.17) is 14.2 Å². The van der Waals surface area contributed by atoms with E-state index in [-0.39, 0.29) is 0 Å². The highest BCUT2D eigenvalue weighted by Gasteiger charge is 2.12. The fourth-order valence-corrected chi connectivity index (χ4v) is 1.46. The molecule has 1 rings (SSSR count). The molecule has 6 nitrogen and oxygen atoms in total. The lowest BCUT2D eigenvalue weighted by Gasteiger charge is -2.13. The first kappa shape index (κ1) is 15.5. The molecule has 0 saturated carbocycles. The monoisotopic (exact) mass is 269 g/mol. The van der Waals surface area contributed by atoms with Gasteiger partial charge in [0.1, 0.15) is 12.9 Å². The average molecular weight is 269 g/mol. The summed E-state index contributed by atoms with van der Waals surface area (Å²) in [7, 11) is 1.58. The largest absolute Gasteiger partial charge is 0.489 e. The summed E-state index contributed by atoms with van der Waals surface area (Å²) in [5.74, 6) is 1.63. The Morgan fingerprint density at radius 1 is 1.11 bits per heavy atom. The van der Waals surface area contributed by atoms with Crippen LogP contribution in [0.15, 0.2) is 6.33 Å². The minimum Gasteiger partial charge on any atom is -0.489 e. The van der Waals surface area contributed by atoms with Gasteiger partial charge in [-0.3, -0.25) is 0 Å². The molecule has 0 radical (unpaired) electrons. The van der Waals surface area contributed by atoms with Gasteiger partial charge < -0.3 is 19.5 Å². The molecule has 19 heavy (non-hydrogen) atoms. The molecule has 0 bridgehead atoms. The van der Waals surface area contributed by atoms with Gasteiger partial charge in [0.25, 0.3) is 5.88 Å². The number of nitrogens with zero attached hydrogens (tertiary/aromatic N) is 2. The van der Waals surface area contributed by atoms with E-state index in [0.29, 0.717) is 30.7 Å². The maximum absolute atomic E-state index is 5.55. The molecule has 0 saturated heterocycles. The van der Waals surface area contributed by atoms with Crippen LogP contribution in [-0.2, 0) is 4.74 Å². The fraction of sp³-hybridized carbons (Fsp3) is 0.692. The van der Waals surface area contributed by atoms with E-state index in [9.17, 15) is 0 Å². The molecule has 1 heterocycles. The predicted octanol–water partition coefficient (Wildman–Crippen LogP) is 2.11. The number of rotatable bonds is 10. The van der Waals surface area contributed by atoms with Crippen molar-refractivity contribution in [2.75, 3.05) is 38.8 Å². The summed E-state index contributed by atoms with van der Waals surface area (Å²) in [5.41, 5.74) is 0. The Balaban J connectivity index is 2.56. The topological polar surface area (TPSA) is 65.5 Å². The summed E-state index contributed by atoms with van der Waals surface area (Å²) in [6, 6.07) is 0. The predicted molar refractivity (Wildman–Crippen MR) is 74.0 cm³/mol. The summed E-state index contributed by atoms with van der Waals surface area (Å²) in [4.78, 5) is 8.23. The molecule has 0 atom stereocenters. The van der Waals surface area contributed by atoms with Crippen molar-refractivity contribution in [1.82, 2.24) is 9.97 Å². The molecule has 1 aromatic heterocycles. The van der Waals surface area contributed by atoms with Gasteiger partial charge in [-0.25, -0.2) is 4.98 Å². The first-order valence-corrected chi connectivity index (χ1v) is 6.66. The Labute approximate surface area is 114 Å². The zero-order valence-corrected chi connectivity index (χ0v) is 11.9.